The van der Waals surface area contributed by atoms with E-state index in [0.717, 1.165) is 5.56 Å². The second-order valence-electron chi connectivity index (χ2n) is 6.43. The first-order chi connectivity index (χ1) is 14.6. The van der Waals surface area contributed by atoms with E-state index >= 15 is 0 Å². The number of fused-ring (bicyclic) bond motifs is 1. The normalized spacial score (nSPS) is 12.0. The van der Waals surface area contributed by atoms with Crippen molar-refractivity contribution < 1.29 is 28.5 Å². The van der Waals surface area contributed by atoms with Gasteiger partial charge in [0, 0.05) is 5.56 Å². The van der Waals surface area contributed by atoms with Crippen LogP contribution >= 0.6 is 0 Å². The highest BCUT2D eigenvalue weighted by Crippen LogP contribution is 2.34. The van der Waals surface area contributed by atoms with Crippen molar-refractivity contribution in [1.29, 1.82) is 0 Å². The fraction of sp³-hybridized carbons (Fsp3) is 0.0833. The molecule has 1 heterocycles. The Hall–Kier alpha value is -4.06. The molecule has 0 fully saturated rings. The number of ketones is 1. The molecule has 6 heteroatoms. The fourth-order valence-electron chi connectivity index (χ4n) is 2.93. The van der Waals surface area contributed by atoms with Crippen molar-refractivity contribution in [2.24, 2.45) is 0 Å². The average molecular weight is 402 g/mol. The Kier molecular flexibility index (Phi) is 5.48. The zero-order chi connectivity index (χ0) is 20.9. The first-order valence-corrected chi connectivity index (χ1v) is 9.21. The number of carbonyl (C=O) groups is 2. The van der Waals surface area contributed by atoms with Crippen molar-refractivity contribution >= 4 is 17.8 Å². The lowest BCUT2D eigenvalue weighted by Gasteiger charge is -2.10. The van der Waals surface area contributed by atoms with Gasteiger partial charge in [0.05, 0.1) is 12.7 Å². The van der Waals surface area contributed by atoms with Gasteiger partial charge in [-0.3, -0.25) is 4.79 Å². The molecule has 150 valence electrons. The van der Waals surface area contributed by atoms with Crippen LogP contribution in [0.4, 0.5) is 0 Å². The summed E-state index contributed by atoms with van der Waals surface area (Å²) >= 11 is 0. The lowest BCUT2D eigenvalue weighted by molar-refractivity contribution is 0.0729. The second-order valence-corrected chi connectivity index (χ2v) is 6.43. The Morgan fingerprint density at radius 3 is 2.47 bits per heavy atom. The van der Waals surface area contributed by atoms with Gasteiger partial charge in [-0.15, -0.1) is 0 Å². The van der Waals surface area contributed by atoms with Crippen LogP contribution in [0.25, 0.3) is 6.08 Å². The highest BCUT2D eigenvalue weighted by molar-refractivity contribution is 6.06. The van der Waals surface area contributed by atoms with Crippen LogP contribution in [-0.2, 0) is 0 Å². The van der Waals surface area contributed by atoms with Crippen molar-refractivity contribution in [3.05, 3.63) is 89.5 Å². The predicted octanol–water partition coefficient (Wildman–Crippen LogP) is 4.54. The van der Waals surface area contributed by atoms with Crippen LogP contribution < -0.4 is 18.9 Å². The van der Waals surface area contributed by atoms with E-state index in [1.807, 2.05) is 18.2 Å². The second kappa shape index (κ2) is 8.53. The van der Waals surface area contributed by atoms with Gasteiger partial charge in [-0.25, -0.2) is 4.79 Å². The van der Waals surface area contributed by atoms with Crippen molar-refractivity contribution in [2.75, 3.05) is 13.9 Å². The summed E-state index contributed by atoms with van der Waals surface area (Å²) in [5, 5.41) is 0. The number of methoxy groups -OCH3 is 1. The highest BCUT2D eigenvalue weighted by atomic mass is 16.7. The van der Waals surface area contributed by atoms with Crippen LogP contribution in [0.1, 0.15) is 26.3 Å². The molecule has 0 saturated heterocycles. The molecule has 0 N–H and O–H groups in total. The largest absolute Gasteiger partial charge is 0.493 e. The Bertz CT molecular complexity index is 1120. The minimum atomic E-state index is -0.547. The number of esters is 1. The molecule has 4 rings (SSSR count). The lowest BCUT2D eigenvalue weighted by atomic mass is 10.1. The molecule has 3 aromatic carbocycles. The van der Waals surface area contributed by atoms with E-state index in [-0.39, 0.29) is 18.3 Å². The molecule has 0 aliphatic carbocycles. The zero-order valence-electron chi connectivity index (χ0n) is 16.2. The minimum Gasteiger partial charge on any atom is -0.493 e. The average Bonchev–Trinajstić information content (AvgIpc) is 3.26. The Morgan fingerprint density at radius 2 is 1.67 bits per heavy atom. The summed E-state index contributed by atoms with van der Waals surface area (Å²) in [7, 11) is 1.48. The van der Waals surface area contributed by atoms with Crippen molar-refractivity contribution in [3.8, 4) is 23.0 Å². The molecule has 0 amide bonds. The Balaban J connectivity index is 1.49. The third-order valence-corrected chi connectivity index (χ3v) is 4.48. The van der Waals surface area contributed by atoms with Gasteiger partial charge in [0.25, 0.3) is 0 Å². The SMILES string of the molecule is COc1cc(/C=C/C(=O)c2ccccc2)ccc1OC(=O)c1ccc2c(c1)OCO2. The molecule has 0 saturated carbocycles. The summed E-state index contributed by atoms with van der Waals surface area (Å²) in [6.45, 7) is 0.128. The lowest BCUT2D eigenvalue weighted by Crippen LogP contribution is -2.09. The summed E-state index contributed by atoms with van der Waals surface area (Å²) < 4.78 is 21.4. The molecule has 3 aromatic rings. The maximum absolute atomic E-state index is 12.5. The van der Waals surface area contributed by atoms with Crippen LogP contribution in [0.3, 0.4) is 0 Å². The Labute approximate surface area is 173 Å². The molecule has 0 unspecified atom stereocenters. The smallest absolute Gasteiger partial charge is 0.343 e. The fourth-order valence-corrected chi connectivity index (χ4v) is 2.93. The zero-order valence-corrected chi connectivity index (χ0v) is 16.2. The molecule has 0 spiro atoms. The Morgan fingerprint density at radius 1 is 0.867 bits per heavy atom. The number of ether oxygens (including phenoxy) is 4. The molecule has 6 nitrogen and oxygen atoms in total. The maximum atomic E-state index is 12.5. The molecule has 0 atom stereocenters. The molecule has 0 aromatic heterocycles. The molecular formula is C24H18O6. The maximum Gasteiger partial charge on any atom is 0.343 e. The number of benzene rings is 3. The monoisotopic (exact) mass is 402 g/mol. The number of hydrogen-bond donors (Lipinski definition) is 0. The summed E-state index contributed by atoms with van der Waals surface area (Å²) in [5.74, 6) is 1.08. The van der Waals surface area contributed by atoms with E-state index in [1.165, 1.54) is 13.2 Å². The van der Waals surface area contributed by atoms with E-state index in [0.29, 0.717) is 28.4 Å². The molecular weight excluding hydrogens is 384 g/mol. The van der Waals surface area contributed by atoms with Gasteiger partial charge in [0.1, 0.15) is 0 Å². The molecule has 0 radical (unpaired) electrons. The third kappa shape index (κ3) is 4.17. The predicted molar refractivity (Wildman–Crippen MR) is 110 cm³/mol. The van der Waals surface area contributed by atoms with E-state index in [1.54, 1.807) is 54.6 Å². The van der Waals surface area contributed by atoms with E-state index in [4.69, 9.17) is 18.9 Å². The van der Waals surface area contributed by atoms with Crippen LogP contribution in [0.15, 0.2) is 72.8 Å². The summed E-state index contributed by atoms with van der Waals surface area (Å²) in [6, 6.07) is 18.9. The first kappa shape index (κ1) is 19.3. The quantitative estimate of drug-likeness (QED) is 0.261. The molecule has 1 aliphatic heterocycles. The number of rotatable bonds is 6. The number of carbonyl (C=O) groups excluding carboxylic acids is 2. The van der Waals surface area contributed by atoms with Crippen molar-refractivity contribution in [1.82, 2.24) is 0 Å². The van der Waals surface area contributed by atoms with Crippen LogP contribution in [0.5, 0.6) is 23.0 Å². The van der Waals surface area contributed by atoms with Gasteiger partial charge in [0.15, 0.2) is 28.8 Å². The standard InChI is InChI=1S/C24H18O6/c1-27-22-13-16(7-10-19(25)17-5-3-2-4-6-17)8-11-21(22)30-24(26)18-9-12-20-23(14-18)29-15-28-20/h2-14H,15H2,1H3/b10-7+. The first-order valence-electron chi connectivity index (χ1n) is 9.21. The van der Waals surface area contributed by atoms with E-state index in [9.17, 15) is 9.59 Å². The number of allylic oxidation sites excluding steroid dienone is 1. The molecule has 1 aliphatic rings. The van der Waals surface area contributed by atoms with Gasteiger partial charge in [-0.2, -0.15) is 0 Å². The van der Waals surface area contributed by atoms with Crippen molar-refractivity contribution in [3.63, 3.8) is 0 Å². The summed E-state index contributed by atoms with van der Waals surface area (Å²) in [5.41, 5.74) is 1.67. The van der Waals surface area contributed by atoms with Gasteiger partial charge < -0.3 is 18.9 Å². The van der Waals surface area contributed by atoms with E-state index in [2.05, 4.69) is 0 Å². The van der Waals surface area contributed by atoms with Crippen LogP contribution in [-0.4, -0.2) is 25.7 Å². The van der Waals surface area contributed by atoms with Crippen molar-refractivity contribution in [2.45, 2.75) is 0 Å². The summed E-state index contributed by atoms with van der Waals surface area (Å²) in [4.78, 5) is 24.7. The molecule has 30 heavy (non-hydrogen) atoms. The van der Waals surface area contributed by atoms with Gasteiger partial charge >= 0.3 is 5.97 Å². The van der Waals surface area contributed by atoms with Crippen LogP contribution in [0.2, 0.25) is 0 Å². The van der Waals surface area contributed by atoms with Gasteiger partial charge in [0.2, 0.25) is 6.79 Å². The minimum absolute atomic E-state index is 0.104. The van der Waals surface area contributed by atoms with Gasteiger partial charge in [-0.05, 0) is 42.0 Å². The van der Waals surface area contributed by atoms with Crippen LogP contribution in [0, 0.1) is 0 Å². The van der Waals surface area contributed by atoms with Gasteiger partial charge in [-0.1, -0.05) is 42.5 Å². The topological polar surface area (TPSA) is 71.1 Å². The summed E-state index contributed by atoms with van der Waals surface area (Å²) in [6.07, 6.45) is 3.17. The third-order valence-electron chi connectivity index (χ3n) is 4.48. The highest BCUT2D eigenvalue weighted by Gasteiger charge is 2.18. The number of hydrogen-bond acceptors (Lipinski definition) is 6. The van der Waals surface area contributed by atoms with E-state index < -0.39 is 5.97 Å². The molecule has 0 bridgehead atoms.